The number of hydrogen-bond acceptors (Lipinski definition) is 3. The summed E-state index contributed by atoms with van der Waals surface area (Å²) in [5.41, 5.74) is 2.71. The molecule has 6 heteroatoms. The molecule has 0 fully saturated rings. The van der Waals surface area contributed by atoms with Crippen LogP contribution in [0.4, 0.5) is 10.5 Å². The Bertz CT molecular complexity index is 1130. The SMILES string of the molecule is COc1ccc2c(c1)N(C)C(=O)C21NC(=O)n2c(C)cc3cccc1c32. The molecule has 1 spiro atoms. The zero-order valence-electron chi connectivity index (χ0n) is 14.7. The molecule has 2 amide bonds. The van der Waals surface area contributed by atoms with Gasteiger partial charge in [0.05, 0.1) is 18.3 Å². The van der Waals surface area contributed by atoms with E-state index in [9.17, 15) is 9.59 Å². The number of nitrogens with zero attached hydrogens (tertiary/aromatic N) is 2. The summed E-state index contributed by atoms with van der Waals surface area (Å²) >= 11 is 0. The highest BCUT2D eigenvalue weighted by Crippen LogP contribution is 2.48. The van der Waals surface area contributed by atoms with Crippen LogP contribution < -0.4 is 15.0 Å². The van der Waals surface area contributed by atoms with Crippen LogP contribution in [-0.2, 0) is 10.3 Å². The predicted molar refractivity (Wildman–Crippen MR) is 97.8 cm³/mol. The average molecular weight is 347 g/mol. The van der Waals surface area contributed by atoms with Crippen LogP contribution in [-0.4, -0.2) is 30.7 Å². The van der Waals surface area contributed by atoms with Crippen LogP contribution in [0, 0.1) is 6.92 Å². The van der Waals surface area contributed by atoms with Gasteiger partial charge in [-0.1, -0.05) is 24.3 Å². The zero-order valence-corrected chi connectivity index (χ0v) is 14.7. The molecule has 2 aromatic carbocycles. The zero-order chi connectivity index (χ0) is 18.2. The summed E-state index contributed by atoms with van der Waals surface area (Å²) in [4.78, 5) is 27.9. The molecule has 6 nitrogen and oxygen atoms in total. The van der Waals surface area contributed by atoms with Crippen molar-refractivity contribution in [3.05, 3.63) is 59.3 Å². The number of aryl methyl sites for hydroxylation is 1. The van der Waals surface area contributed by atoms with Gasteiger partial charge in [0.15, 0.2) is 5.54 Å². The highest BCUT2D eigenvalue weighted by Gasteiger charge is 2.55. The van der Waals surface area contributed by atoms with Crippen molar-refractivity contribution in [2.45, 2.75) is 12.5 Å². The van der Waals surface area contributed by atoms with E-state index in [2.05, 4.69) is 5.32 Å². The Morgan fingerprint density at radius 2 is 1.88 bits per heavy atom. The van der Waals surface area contributed by atoms with Gasteiger partial charge in [-0.2, -0.15) is 0 Å². The van der Waals surface area contributed by atoms with Gasteiger partial charge in [-0.15, -0.1) is 0 Å². The Labute approximate surface area is 150 Å². The topological polar surface area (TPSA) is 63.6 Å². The number of amides is 2. The van der Waals surface area contributed by atoms with E-state index in [0.29, 0.717) is 5.75 Å². The number of rotatable bonds is 1. The molecule has 3 aromatic rings. The number of benzene rings is 2. The van der Waals surface area contributed by atoms with E-state index in [-0.39, 0.29) is 11.9 Å². The normalized spacial score (nSPS) is 20.7. The monoisotopic (exact) mass is 347 g/mol. The third-order valence-electron chi connectivity index (χ3n) is 5.51. The number of carbonyl (C=O) groups excluding carboxylic acids is 2. The van der Waals surface area contributed by atoms with Crippen molar-refractivity contribution < 1.29 is 14.3 Å². The molecule has 0 saturated carbocycles. The van der Waals surface area contributed by atoms with E-state index in [4.69, 9.17) is 4.74 Å². The summed E-state index contributed by atoms with van der Waals surface area (Å²) in [5.74, 6) is 0.492. The number of aromatic nitrogens is 1. The summed E-state index contributed by atoms with van der Waals surface area (Å²) in [6.07, 6.45) is 0. The number of hydrogen-bond donors (Lipinski definition) is 1. The Balaban J connectivity index is 1.91. The van der Waals surface area contributed by atoms with Gasteiger partial charge in [0.25, 0.3) is 5.91 Å². The average Bonchev–Trinajstić information content (AvgIpc) is 3.08. The summed E-state index contributed by atoms with van der Waals surface area (Å²) in [5, 5.41) is 3.95. The van der Waals surface area contributed by atoms with E-state index in [1.165, 1.54) is 0 Å². The van der Waals surface area contributed by atoms with E-state index in [0.717, 1.165) is 33.4 Å². The molecule has 2 aliphatic rings. The van der Waals surface area contributed by atoms with Gasteiger partial charge < -0.3 is 15.0 Å². The molecular weight excluding hydrogens is 330 g/mol. The Morgan fingerprint density at radius 3 is 2.65 bits per heavy atom. The molecule has 1 atom stereocenters. The number of ether oxygens (including phenoxy) is 1. The van der Waals surface area contributed by atoms with Crippen molar-refractivity contribution in [1.82, 2.24) is 9.88 Å². The lowest BCUT2D eigenvalue weighted by Crippen LogP contribution is -2.56. The van der Waals surface area contributed by atoms with Crippen molar-refractivity contribution in [3.63, 3.8) is 0 Å². The number of fused-ring (bicyclic) bond motifs is 3. The largest absolute Gasteiger partial charge is 0.497 e. The Hall–Kier alpha value is -3.28. The van der Waals surface area contributed by atoms with Gasteiger partial charge >= 0.3 is 6.03 Å². The first-order chi connectivity index (χ1) is 12.5. The third-order valence-corrected chi connectivity index (χ3v) is 5.51. The van der Waals surface area contributed by atoms with Crippen molar-refractivity contribution in [2.24, 2.45) is 0 Å². The first-order valence-electron chi connectivity index (χ1n) is 8.40. The molecule has 5 rings (SSSR count). The summed E-state index contributed by atoms with van der Waals surface area (Å²) in [6, 6.07) is 13.0. The molecule has 1 N–H and O–H groups in total. The standard InChI is InChI=1S/C20H17N3O3/c1-11-9-12-5-4-6-15-17(12)23(11)19(25)21-20(15)14-8-7-13(26-3)10-16(14)22(2)18(20)24/h4-10H,1-3H3,(H,21,25). The fraction of sp³-hybridized carbons (Fsp3) is 0.200. The molecule has 0 saturated heterocycles. The van der Waals surface area contributed by atoms with Crippen LogP contribution in [0.1, 0.15) is 16.8 Å². The Kier molecular flexibility index (Phi) is 2.69. The number of anilines is 1. The van der Waals surface area contributed by atoms with Gasteiger partial charge in [0, 0.05) is 35.3 Å². The smallest absolute Gasteiger partial charge is 0.327 e. The van der Waals surface area contributed by atoms with E-state index >= 15 is 0 Å². The molecule has 0 bridgehead atoms. The molecule has 26 heavy (non-hydrogen) atoms. The van der Waals surface area contributed by atoms with Crippen molar-refractivity contribution in [1.29, 1.82) is 0 Å². The van der Waals surface area contributed by atoms with Crippen LogP contribution >= 0.6 is 0 Å². The molecule has 1 aromatic heterocycles. The Morgan fingerprint density at radius 1 is 1.08 bits per heavy atom. The fourth-order valence-electron chi connectivity index (χ4n) is 4.33. The number of carbonyl (C=O) groups is 2. The third kappa shape index (κ3) is 1.52. The van der Waals surface area contributed by atoms with E-state index < -0.39 is 5.54 Å². The van der Waals surface area contributed by atoms with Crippen molar-refractivity contribution >= 4 is 28.5 Å². The molecule has 0 radical (unpaired) electrons. The second-order valence-corrected chi connectivity index (χ2v) is 6.79. The number of methoxy groups -OCH3 is 1. The first-order valence-corrected chi connectivity index (χ1v) is 8.40. The lowest BCUT2D eigenvalue weighted by molar-refractivity contribution is -0.122. The van der Waals surface area contributed by atoms with Gasteiger partial charge in [0.1, 0.15) is 5.75 Å². The van der Waals surface area contributed by atoms with Crippen LogP contribution in [0.3, 0.4) is 0 Å². The van der Waals surface area contributed by atoms with Gasteiger partial charge in [-0.05, 0) is 19.1 Å². The van der Waals surface area contributed by atoms with Crippen LogP contribution in [0.15, 0.2) is 42.5 Å². The molecular formula is C20H17N3O3. The molecule has 2 aliphatic heterocycles. The lowest BCUT2D eigenvalue weighted by Gasteiger charge is -2.35. The quantitative estimate of drug-likeness (QED) is 0.736. The van der Waals surface area contributed by atoms with Gasteiger partial charge in [-0.3, -0.25) is 9.36 Å². The highest BCUT2D eigenvalue weighted by atomic mass is 16.5. The maximum atomic E-state index is 13.4. The van der Waals surface area contributed by atoms with Gasteiger partial charge in [0.2, 0.25) is 0 Å². The number of likely N-dealkylation sites (N-methyl/N-ethyl adjacent to an activating group) is 1. The fourth-order valence-corrected chi connectivity index (χ4v) is 4.33. The van der Waals surface area contributed by atoms with Crippen molar-refractivity contribution in [3.8, 4) is 5.75 Å². The molecule has 130 valence electrons. The van der Waals surface area contributed by atoms with E-state index in [1.54, 1.807) is 23.6 Å². The maximum Gasteiger partial charge on any atom is 0.327 e. The van der Waals surface area contributed by atoms with Crippen LogP contribution in [0.5, 0.6) is 5.75 Å². The second-order valence-electron chi connectivity index (χ2n) is 6.79. The molecule has 1 unspecified atom stereocenters. The minimum atomic E-state index is -1.21. The number of para-hydroxylation sites is 1. The minimum Gasteiger partial charge on any atom is -0.497 e. The number of nitrogens with one attached hydrogen (secondary N) is 1. The maximum absolute atomic E-state index is 13.4. The molecule has 0 aliphatic carbocycles. The van der Waals surface area contributed by atoms with Gasteiger partial charge in [-0.25, -0.2) is 4.79 Å². The summed E-state index contributed by atoms with van der Waals surface area (Å²) in [6.45, 7) is 1.89. The highest BCUT2D eigenvalue weighted by molar-refractivity contribution is 6.15. The van der Waals surface area contributed by atoms with Crippen molar-refractivity contribution in [2.75, 3.05) is 19.1 Å². The second kappa shape index (κ2) is 4.66. The van der Waals surface area contributed by atoms with E-state index in [1.807, 2.05) is 49.4 Å². The summed E-state index contributed by atoms with van der Waals surface area (Å²) < 4.78 is 6.95. The summed E-state index contributed by atoms with van der Waals surface area (Å²) in [7, 11) is 3.31. The lowest BCUT2D eigenvalue weighted by atomic mass is 9.82. The molecule has 3 heterocycles. The predicted octanol–water partition coefficient (Wildman–Crippen LogP) is 2.75. The minimum absolute atomic E-state index is 0.174. The van der Waals surface area contributed by atoms with Crippen LogP contribution in [0.25, 0.3) is 10.9 Å². The van der Waals surface area contributed by atoms with Crippen LogP contribution in [0.2, 0.25) is 0 Å². The first kappa shape index (κ1) is 15.0.